The Bertz CT molecular complexity index is 1080. The van der Waals surface area contributed by atoms with Crippen LogP contribution in [0, 0.1) is 13.8 Å². The summed E-state index contributed by atoms with van der Waals surface area (Å²) in [5.41, 5.74) is 1.79. The van der Waals surface area contributed by atoms with Crippen LogP contribution in [0.4, 0.5) is 0 Å². The molecule has 2 aromatic carbocycles. The third-order valence-corrected chi connectivity index (χ3v) is 7.11. The minimum Gasteiger partial charge on any atom is -0.354 e. The van der Waals surface area contributed by atoms with E-state index >= 15 is 0 Å². The van der Waals surface area contributed by atoms with Crippen molar-refractivity contribution in [2.75, 3.05) is 26.3 Å². The molecule has 186 valence electrons. The van der Waals surface area contributed by atoms with E-state index in [1.165, 1.54) is 24.3 Å². The van der Waals surface area contributed by atoms with E-state index in [1.54, 1.807) is 24.3 Å². The first-order valence-electron chi connectivity index (χ1n) is 10.5. The molecule has 0 saturated heterocycles. The van der Waals surface area contributed by atoms with Crippen LogP contribution in [0.15, 0.2) is 58.3 Å². The molecule has 2 rings (SSSR count). The van der Waals surface area contributed by atoms with E-state index in [0.29, 0.717) is 12.8 Å². The second-order valence-corrected chi connectivity index (χ2v) is 10.7. The van der Waals surface area contributed by atoms with Crippen LogP contribution in [0.25, 0.3) is 0 Å². The first kappa shape index (κ1) is 27.4. The number of benzene rings is 2. The Kier molecular flexibility index (Phi) is 10.2. The fraction of sp³-hybridized carbons (Fsp3) is 0.364. The molecule has 0 spiro atoms. The van der Waals surface area contributed by atoms with Gasteiger partial charge in [-0.1, -0.05) is 35.4 Å². The third kappa shape index (κ3) is 9.21. The minimum absolute atomic E-state index is 0.0303. The number of unbranched alkanes of at least 4 members (excludes halogenated alkanes) is 1. The van der Waals surface area contributed by atoms with Gasteiger partial charge in [0.05, 0.1) is 9.79 Å². The summed E-state index contributed by atoms with van der Waals surface area (Å²) >= 11 is 0. The predicted octanol–water partition coefficient (Wildman–Crippen LogP) is 1.43. The number of nitrogens with one attached hydrogen (secondary N) is 2. The second kappa shape index (κ2) is 12.6. The molecule has 0 aliphatic rings. The van der Waals surface area contributed by atoms with E-state index in [0.717, 1.165) is 11.1 Å². The lowest BCUT2D eigenvalue weighted by atomic mass is 10.2. The molecule has 0 radical (unpaired) electrons. The number of hydrogen-bond acceptors (Lipinski definition) is 8. The monoisotopic (exact) mass is 512 g/mol. The topological polar surface area (TPSA) is 145 Å². The molecule has 0 atom stereocenters. The smallest absolute Gasteiger partial charge is 0.297 e. The second-order valence-electron chi connectivity index (χ2n) is 7.47. The molecule has 2 aromatic rings. The lowest BCUT2D eigenvalue weighted by molar-refractivity contribution is -0.123. The summed E-state index contributed by atoms with van der Waals surface area (Å²) in [6.07, 6.45) is 0.999. The normalized spacial score (nSPS) is 11.7. The summed E-state index contributed by atoms with van der Waals surface area (Å²) in [4.78, 5) is 23.5. The Labute approximate surface area is 199 Å². The molecule has 0 aliphatic heterocycles. The summed E-state index contributed by atoms with van der Waals surface area (Å²) in [6, 6.07) is 12.1. The van der Waals surface area contributed by atoms with Crippen LogP contribution in [-0.2, 0) is 38.2 Å². The van der Waals surface area contributed by atoms with Gasteiger partial charge in [-0.25, -0.2) is 0 Å². The van der Waals surface area contributed by atoms with Gasteiger partial charge in [-0.3, -0.25) is 18.0 Å². The highest BCUT2D eigenvalue weighted by molar-refractivity contribution is 7.87. The Morgan fingerprint density at radius 3 is 1.29 bits per heavy atom. The average Bonchev–Trinajstić information content (AvgIpc) is 2.79. The standard InChI is InChI=1S/C22H28N2O8S2/c1-17-5-9-19(10-6-17)33(27,28)31-15-21(25)23-13-3-4-14-24-22(26)16-32-34(29,30)20-11-7-18(2)8-12-20/h5-12H,3-4,13-16H2,1-2H3,(H,23,25)(H,24,26). The highest BCUT2D eigenvalue weighted by Gasteiger charge is 2.18. The van der Waals surface area contributed by atoms with E-state index in [-0.39, 0.29) is 22.9 Å². The molecule has 0 aliphatic carbocycles. The lowest BCUT2D eigenvalue weighted by Crippen LogP contribution is -2.31. The van der Waals surface area contributed by atoms with Crippen molar-refractivity contribution in [2.24, 2.45) is 0 Å². The third-order valence-electron chi connectivity index (χ3n) is 4.56. The van der Waals surface area contributed by atoms with Gasteiger partial charge in [-0.15, -0.1) is 0 Å². The molecular formula is C22H28N2O8S2. The van der Waals surface area contributed by atoms with Crippen molar-refractivity contribution < 1.29 is 34.8 Å². The molecule has 34 heavy (non-hydrogen) atoms. The van der Waals surface area contributed by atoms with Crippen molar-refractivity contribution in [3.8, 4) is 0 Å². The lowest BCUT2D eigenvalue weighted by Gasteiger charge is -2.08. The number of hydrogen-bond donors (Lipinski definition) is 2. The minimum atomic E-state index is -4.02. The summed E-state index contributed by atoms with van der Waals surface area (Å²) in [5.74, 6) is -1.18. The molecular weight excluding hydrogens is 484 g/mol. The number of carbonyl (C=O) groups excluding carboxylic acids is 2. The Hall–Kier alpha value is -2.80. The fourth-order valence-electron chi connectivity index (χ4n) is 2.62. The fourth-order valence-corrected chi connectivity index (χ4v) is 4.35. The molecule has 0 unspecified atom stereocenters. The SMILES string of the molecule is Cc1ccc(S(=O)(=O)OCC(=O)NCCCCNC(=O)COS(=O)(=O)c2ccc(C)cc2)cc1. The van der Waals surface area contributed by atoms with Gasteiger partial charge in [0.25, 0.3) is 20.2 Å². The van der Waals surface area contributed by atoms with E-state index in [4.69, 9.17) is 8.37 Å². The highest BCUT2D eigenvalue weighted by atomic mass is 32.2. The largest absolute Gasteiger partial charge is 0.354 e. The van der Waals surface area contributed by atoms with Crippen LogP contribution in [0.2, 0.25) is 0 Å². The molecule has 2 amide bonds. The highest BCUT2D eigenvalue weighted by Crippen LogP contribution is 2.14. The van der Waals surface area contributed by atoms with Crippen LogP contribution in [-0.4, -0.2) is 55.0 Å². The number of carbonyl (C=O) groups is 2. The molecule has 0 aromatic heterocycles. The van der Waals surface area contributed by atoms with Gasteiger partial charge in [0.1, 0.15) is 13.2 Å². The Balaban J connectivity index is 1.58. The average molecular weight is 513 g/mol. The summed E-state index contributed by atoms with van der Waals surface area (Å²) in [5, 5.41) is 5.05. The number of amides is 2. The molecule has 10 nitrogen and oxygen atoms in total. The summed E-state index contributed by atoms with van der Waals surface area (Å²) < 4.78 is 57.7. The zero-order chi connectivity index (χ0) is 25.2. The molecule has 0 bridgehead atoms. The summed E-state index contributed by atoms with van der Waals surface area (Å²) in [7, 11) is -8.04. The van der Waals surface area contributed by atoms with E-state index in [9.17, 15) is 26.4 Å². The van der Waals surface area contributed by atoms with Crippen molar-refractivity contribution >= 4 is 32.1 Å². The first-order chi connectivity index (χ1) is 16.0. The van der Waals surface area contributed by atoms with Gasteiger partial charge < -0.3 is 10.6 Å². The van der Waals surface area contributed by atoms with Crippen LogP contribution in [0.5, 0.6) is 0 Å². The van der Waals surface area contributed by atoms with Gasteiger partial charge >= 0.3 is 0 Å². The number of aryl methyl sites for hydroxylation is 2. The maximum absolute atomic E-state index is 12.0. The maximum Gasteiger partial charge on any atom is 0.297 e. The molecule has 0 saturated carbocycles. The molecule has 0 heterocycles. The van der Waals surface area contributed by atoms with Gasteiger partial charge in [0, 0.05) is 13.1 Å². The van der Waals surface area contributed by atoms with Crippen molar-refractivity contribution in [1.29, 1.82) is 0 Å². The molecule has 0 fully saturated rings. The van der Waals surface area contributed by atoms with Crippen LogP contribution < -0.4 is 10.6 Å². The molecule has 12 heteroatoms. The van der Waals surface area contributed by atoms with Crippen molar-refractivity contribution in [1.82, 2.24) is 10.6 Å². The Morgan fingerprint density at radius 1 is 0.647 bits per heavy atom. The van der Waals surface area contributed by atoms with E-state index in [2.05, 4.69) is 10.6 Å². The molecule has 2 N–H and O–H groups in total. The Morgan fingerprint density at radius 2 is 0.971 bits per heavy atom. The van der Waals surface area contributed by atoms with Crippen molar-refractivity contribution in [2.45, 2.75) is 36.5 Å². The van der Waals surface area contributed by atoms with Gasteiger partial charge in [0.15, 0.2) is 0 Å². The van der Waals surface area contributed by atoms with Crippen LogP contribution in [0.1, 0.15) is 24.0 Å². The van der Waals surface area contributed by atoms with Crippen LogP contribution >= 0.6 is 0 Å². The zero-order valence-corrected chi connectivity index (χ0v) is 20.6. The van der Waals surface area contributed by atoms with E-state index in [1.807, 2.05) is 13.8 Å². The van der Waals surface area contributed by atoms with Gasteiger partial charge in [-0.05, 0) is 51.0 Å². The van der Waals surface area contributed by atoms with Crippen LogP contribution in [0.3, 0.4) is 0 Å². The van der Waals surface area contributed by atoms with Gasteiger partial charge in [-0.2, -0.15) is 16.8 Å². The van der Waals surface area contributed by atoms with Gasteiger partial charge in [0.2, 0.25) is 11.8 Å². The maximum atomic E-state index is 12.0. The van der Waals surface area contributed by atoms with E-state index < -0.39 is 45.3 Å². The predicted molar refractivity (Wildman–Crippen MR) is 124 cm³/mol. The van der Waals surface area contributed by atoms with Crippen molar-refractivity contribution in [3.05, 3.63) is 59.7 Å². The first-order valence-corrected chi connectivity index (χ1v) is 13.3. The quantitative estimate of drug-likeness (QED) is 0.303. The number of rotatable bonds is 13. The zero-order valence-electron chi connectivity index (χ0n) is 18.9. The summed E-state index contributed by atoms with van der Waals surface area (Å²) in [6.45, 7) is 2.86. The van der Waals surface area contributed by atoms with Crippen molar-refractivity contribution in [3.63, 3.8) is 0 Å².